The molecular formula is C13H18N4O5S. The molecule has 126 valence electrons. The summed E-state index contributed by atoms with van der Waals surface area (Å²) in [5, 5.41) is 0. The number of nitrogens with two attached hydrogens (primary N) is 1. The molecule has 0 aromatic carbocycles. The predicted octanol–water partition coefficient (Wildman–Crippen LogP) is -0.749. The van der Waals surface area contributed by atoms with E-state index in [4.69, 9.17) is 10.5 Å². The fourth-order valence-electron chi connectivity index (χ4n) is 2.44. The summed E-state index contributed by atoms with van der Waals surface area (Å²) in [6.07, 6.45) is 3.01. The molecule has 0 bridgehead atoms. The van der Waals surface area contributed by atoms with Gasteiger partial charge in [0.1, 0.15) is 0 Å². The summed E-state index contributed by atoms with van der Waals surface area (Å²) >= 11 is 0. The number of sulfone groups is 1. The summed E-state index contributed by atoms with van der Waals surface area (Å²) in [6.45, 7) is 1.58. The van der Waals surface area contributed by atoms with Crippen LogP contribution in [0.25, 0.3) is 0 Å². The van der Waals surface area contributed by atoms with Crippen molar-refractivity contribution in [3.63, 3.8) is 0 Å². The second kappa shape index (κ2) is 6.90. The van der Waals surface area contributed by atoms with E-state index in [0.29, 0.717) is 13.0 Å². The van der Waals surface area contributed by atoms with Crippen molar-refractivity contribution in [3.8, 4) is 0 Å². The van der Waals surface area contributed by atoms with Gasteiger partial charge < -0.3 is 15.4 Å². The number of esters is 1. The Morgan fingerprint density at radius 3 is 2.65 bits per heavy atom. The zero-order chi connectivity index (χ0) is 17.0. The summed E-state index contributed by atoms with van der Waals surface area (Å²) < 4.78 is 27.9. The smallest absolute Gasteiger partial charge is 0.361 e. The highest BCUT2D eigenvalue weighted by Crippen LogP contribution is 2.18. The minimum absolute atomic E-state index is 0.0579. The van der Waals surface area contributed by atoms with Gasteiger partial charge in [0.25, 0.3) is 5.91 Å². The van der Waals surface area contributed by atoms with Crippen LogP contribution in [0.2, 0.25) is 0 Å². The lowest BCUT2D eigenvalue weighted by molar-refractivity contribution is -0.136. The van der Waals surface area contributed by atoms with Gasteiger partial charge in [0, 0.05) is 25.0 Å². The lowest BCUT2D eigenvalue weighted by Crippen LogP contribution is -2.43. The van der Waals surface area contributed by atoms with E-state index in [1.54, 1.807) is 6.92 Å². The van der Waals surface area contributed by atoms with E-state index in [1.807, 2.05) is 0 Å². The fourth-order valence-corrected chi connectivity index (χ4v) is 4.17. The summed E-state index contributed by atoms with van der Waals surface area (Å²) in [4.78, 5) is 32.9. The highest BCUT2D eigenvalue weighted by atomic mass is 32.2. The molecule has 23 heavy (non-hydrogen) atoms. The molecule has 2 heterocycles. The van der Waals surface area contributed by atoms with Crippen LogP contribution in [-0.2, 0) is 19.4 Å². The van der Waals surface area contributed by atoms with Crippen LogP contribution in [0.1, 0.15) is 23.8 Å². The van der Waals surface area contributed by atoms with Crippen LogP contribution in [-0.4, -0.2) is 65.9 Å². The second-order valence-corrected chi connectivity index (χ2v) is 7.33. The van der Waals surface area contributed by atoms with E-state index in [-0.39, 0.29) is 29.1 Å². The van der Waals surface area contributed by atoms with Crippen molar-refractivity contribution in [2.24, 2.45) is 0 Å². The number of ether oxygens (including phenoxy) is 1. The second-order valence-electron chi connectivity index (χ2n) is 5.10. The SMILES string of the molecule is CCN(C(=O)COC(=O)c1nccnc1N)[C@@H]1CCS(=O)(=O)C1. The third kappa shape index (κ3) is 4.15. The average molecular weight is 342 g/mol. The van der Waals surface area contributed by atoms with Gasteiger partial charge in [-0.05, 0) is 13.3 Å². The third-order valence-electron chi connectivity index (χ3n) is 3.56. The number of carbonyl (C=O) groups is 2. The molecule has 1 atom stereocenters. The molecule has 9 nitrogen and oxygen atoms in total. The Balaban J connectivity index is 1.95. The van der Waals surface area contributed by atoms with Crippen molar-refractivity contribution in [1.82, 2.24) is 14.9 Å². The zero-order valence-electron chi connectivity index (χ0n) is 12.6. The summed E-state index contributed by atoms with van der Waals surface area (Å²) in [5.74, 6) is -1.38. The van der Waals surface area contributed by atoms with Crippen LogP contribution in [0.15, 0.2) is 12.4 Å². The first-order chi connectivity index (χ1) is 10.8. The first-order valence-corrected chi connectivity index (χ1v) is 8.89. The van der Waals surface area contributed by atoms with Crippen LogP contribution in [0.4, 0.5) is 5.82 Å². The molecule has 0 radical (unpaired) electrons. The number of carbonyl (C=O) groups excluding carboxylic acids is 2. The molecule has 0 spiro atoms. The van der Waals surface area contributed by atoms with Crippen LogP contribution in [0.5, 0.6) is 0 Å². The van der Waals surface area contributed by atoms with Crippen molar-refractivity contribution in [1.29, 1.82) is 0 Å². The highest BCUT2D eigenvalue weighted by Gasteiger charge is 2.34. The van der Waals surface area contributed by atoms with E-state index in [0.717, 1.165) is 0 Å². The third-order valence-corrected chi connectivity index (χ3v) is 5.31. The lowest BCUT2D eigenvalue weighted by Gasteiger charge is -2.26. The molecule has 1 aromatic rings. The number of nitrogens with zero attached hydrogens (tertiary/aromatic N) is 3. The normalized spacial score (nSPS) is 19.3. The predicted molar refractivity (Wildman–Crippen MR) is 81.2 cm³/mol. The van der Waals surface area contributed by atoms with Crippen LogP contribution >= 0.6 is 0 Å². The molecule has 1 aliphatic rings. The van der Waals surface area contributed by atoms with Crippen molar-refractivity contribution < 1.29 is 22.7 Å². The molecule has 1 fully saturated rings. The molecular weight excluding hydrogens is 324 g/mol. The van der Waals surface area contributed by atoms with Gasteiger partial charge >= 0.3 is 5.97 Å². The molecule has 0 unspecified atom stereocenters. The van der Waals surface area contributed by atoms with Gasteiger partial charge in [-0.2, -0.15) is 0 Å². The van der Waals surface area contributed by atoms with E-state index in [1.165, 1.54) is 17.3 Å². The monoisotopic (exact) mass is 342 g/mol. The van der Waals surface area contributed by atoms with E-state index >= 15 is 0 Å². The lowest BCUT2D eigenvalue weighted by atomic mass is 10.2. The Morgan fingerprint density at radius 2 is 2.09 bits per heavy atom. The Bertz CT molecular complexity index is 706. The topological polar surface area (TPSA) is 133 Å². The van der Waals surface area contributed by atoms with Crippen LogP contribution in [0, 0.1) is 0 Å². The fraction of sp³-hybridized carbons (Fsp3) is 0.538. The number of hydrogen-bond acceptors (Lipinski definition) is 8. The number of aromatic nitrogens is 2. The van der Waals surface area contributed by atoms with Crippen molar-refractivity contribution >= 4 is 27.5 Å². The van der Waals surface area contributed by atoms with Gasteiger partial charge in [0.15, 0.2) is 28.0 Å². The Morgan fingerprint density at radius 1 is 1.39 bits per heavy atom. The minimum atomic E-state index is -3.10. The van der Waals surface area contributed by atoms with E-state index in [9.17, 15) is 18.0 Å². The minimum Gasteiger partial charge on any atom is -0.451 e. The number of likely N-dealkylation sites (N-methyl/N-ethyl adjacent to an activating group) is 1. The molecule has 1 aliphatic heterocycles. The molecule has 2 N–H and O–H groups in total. The van der Waals surface area contributed by atoms with Crippen molar-refractivity contribution in [3.05, 3.63) is 18.1 Å². The van der Waals surface area contributed by atoms with Gasteiger partial charge in [0.05, 0.1) is 11.5 Å². The van der Waals surface area contributed by atoms with Crippen LogP contribution in [0.3, 0.4) is 0 Å². The number of amides is 1. The molecule has 0 aliphatic carbocycles. The van der Waals surface area contributed by atoms with Crippen molar-refractivity contribution in [2.75, 3.05) is 30.4 Å². The van der Waals surface area contributed by atoms with E-state index in [2.05, 4.69) is 9.97 Å². The average Bonchev–Trinajstić information content (AvgIpc) is 2.86. The Hall–Kier alpha value is -2.23. The first kappa shape index (κ1) is 17.1. The van der Waals surface area contributed by atoms with Gasteiger partial charge in [-0.1, -0.05) is 0 Å². The van der Waals surface area contributed by atoms with Crippen molar-refractivity contribution in [2.45, 2.75) is 19.4 Å². The van der Waals surface area contributed by atoms with Crippen LogP contribution < -0.4 is 5.73 Å². The molecule has 1 saturated heterocycles. The molecule has 2 rings (SSSR count). The summed E-state index contributed by atoms with van der Waals surface area (Å²) in [5.41, 5.74) is 5.35. The standard InChI is InChI=1S/C13H18N4O5S/c1-2-17(9-3-6-23(20,21)8-9)10(18)7-22-13(19)11-12(14)16-5-4-15-11/h4-5,9H,2-3,6-8H2,1H3,(H2,14,16)/t9-/m1/s1. The Kier molecular flexibility index (Phi) is 5.14. The largest absolute Gasteiger partial charge is 0.451 e. The van der Waals surface area contributed by atoms with Gasteiger partial charge in [-0.3, -0.25) is 4.79 Å². The molecule has 1 aromatic heterocycles. The number of hydrogen-bond donors (Lipinski definition) is 1. The number of rotatable bonds is 5. The summed E-state index contributed by atoms with van der Waals surface area (Å²) in [7, 11) is -3.10. The first-order valence-electron chi connectivity index (χ1n) is 7.07. The number of anilines is 1. The van der Waals surface area contributed by atoms with E-state index < -0.39 is 28.3 Å². The highest BCUT2D eigenvalue weighted by molar-refractivity contribution is 7.91. The maximum absolute atomic E-state index is 12.2. The molecule has 1 amide bonds. The summed E-state index contributed by atoms with van der Waals surface area (Å²) in [6, 6.07) is -0.377. The molecule has 10 heteroatoms. The molecule has 0 saturated carbocycles. The maximum Gasteiger partial charge on any atom is 0.361 e. The Labute approximate surface area is 133 Å². The van der Waals surface area contributed by atoms with Gasteiger partial charge in [-0.15, -0.1) is 0 Å². The zero-order valence-corrected chi connectivity index (χ0v) is 13.5. The maximum atomic E-state index is 12.2. The van der Waals surface area contributed by atoms with Gasteiger partial charge in [-0.25, -0.2) is 23.2 Å². The van der Waals surface area contributed by atoms with Gasteiger partial charge in [0.2, 0.25) is 0 Å². The number of nitrogen functional groups attached to an aromatic ring is 1. The quantitative estimate of drug-likeness (QED) is 0.691.